The van der Waals surface area contributed by atoms with Crippen molar-refractivity contribution in [2.75, 3.05) is 28.4 Å². The molecule has 3 aromatic rings. The molecule has 0 fully saturated rings. The Morgan fingerprint density at radius 1 is 0.794 bits per heavy atom. The van der Waals surface area contributed by atoms with E-state index in [-0.39, 0.29) is 4.90 Å². The summed E-state index contributed by atoms with van der Waals surface area (Å²) in [5.74, 6) is 2.23. The van der Waals surface area contributed by atoms with Gasteiger partial charge in [-0.15, -0.1) is 0 Å². The highest BCUT2D eigenvalue weighted by Crippen LogP contribution is 2.42. The largest absolute Gasteiger partial charge is 0.497 e. The number of rotatable bonds is 8. The third kappa shape index (κ3) is 4.26. The van der Waals surface area contributed by atoms with E-state index < -0.39 is 16.1 Å². The van der Waals surface area contributed by atoms with Crippen molar-refractivity contribution in [2.45, 2.75) is 17.4 Å². The van der Waals surface area contributed by atoms with Crippen LogP contribution in [0, 0.1) is 0 Å². The van der Waals surface area contributed by atoms with Gasteiger partial charge in [0.15, 0.2) is 11.5 Å². The van der Waals surface area contributed by atoms with Gasteiger partial charge in [0.25, 0.3) is 10.0 Å². The van der Waals surface area contributed by atoms with E-state index in [1.807, 2.05) is 12.1 Å². The van der Waals surface area contributed by atoms with Gasteiger partial charge in [-0.2, -0.15) is 17.9 Å². The predicted molar refractivity (Wildman–Crippen MR) is 128 cm³/mol. The van der Waals surface area contributed by atoms with Crippen molar-refractivity contribution in [2.24, 2.45) is 5.10 Å². The zero-order chi connectivity index (χ0) is 24.3. The molecule has 1 aliphatic heterocycles. The number of hydrogen-bond donors (Lipinski definition) is 0. The normalized spacial score (nSPS) is 15.6. The van der Waals surface area contributed by atoms with Gasteiger partial charge in [0, 0.05) is 23.6 Å². The molecule has 3 aromatic carbocycles. The Morgan fingerprint density at radius 2 is 1.50 bits per heavy atom. The number of hydrogen-bond acceptors (Lipinski definition) is 7. The minimum Gasteiger partial charge on any atom is -0.497 e. The fourth-order valence-electron chi connectivity index (χ4n) is 3.93. The number of methoxy groups -OCH3 is 4. The predicted octanol–water partition coefficient (Wildman–Crippen LogP) is 4.26. The van der Waals surface area contributed by atoms with Gasteiger partial charge >= 0.3 is 0 Å². The minimum atomic E-state index is -3.94. The summed E-state index contributed by atoms with van der Waals surface area (Å²) >= 11 is 0. The third-order valence-electron chi connectivity index (χ3n) is 5.68. The van der Waals surface area contributed by atoms with Gasteiger partial charge < -0.3 is 18.9 Å². The molecule has 8 nitrogen and oxygen atoms in total. The van der Waals surface area contributed by atoms with Crippen LogP contribution in [0.5, 0.6) is 23.0 Å². The Balaban J connectivity index is 1.84. The molecule has 0 aliphatic carbocycles. The first kappa shape index (κ1) is 23.4. The third-order valence-corrected chi connectivity index (χ3v) is 7.37. The molecule has 9 heteroatoms. The highest BCUT2D eigenvalue weighted by molar-refractivity contribution is 7.89. The van der Waals surface area contributed by atoms with Gasteiger partial charge in [-0.1, -0.05) is 18.2 Å². The van der Waals surface area contributed by atoms with Crippen LogP contribution in [-0.4, -0.2) is 47.0 Å². The molecule has 0 saturated heterocycles. The van der Waals surface area contributed by atoms with Gasteiger partial charge in [0.2, 0.25) is 0 Å². The lowest BCUT2D eigenvalue weighted by molar-refractivity contribution is 0.347. The average Bonchev–Trinajstić information content (AvgIpc) is 3.34. The molecule has 0 saturated carbocycles. The smallest absolute Gasteiger partial charge is 0.279 e. The zero-order valence-electron chi connectivity index (χ0n) is 19.4. The van der Waals surface area contributed by atoms with E-state index in [2.05, 4.69) is 5.10 Å². The summed E-state index contributed by atoms with van der Waals surface area (Å²) in [4.78, 5) is 0.157. The first-order valence-corrected chi connectivity index (χ1v) is 12.0. The number of ether oxygens (including phenoxy) is 4. The van der Waals surface area contributed by atoms with Crippen molar-refractivity contribution >= 4 is 15.7 Å². The molecule has 0 radical (unpaired) electrons. The maximum absolute atomic E-state index is 13.6. The van der Waals surface area contributed by atoms with Crippen molar-refractivity contribution in [1.29, 1.82) is 0 Å². The van der Waals surface area contributed by atoms with Gasteiger partial charge in [-0.05, 0) is 42.5 Å². The minimum absolute atomic E-state index is 0.157. The second kappa shape index (κ2) is 9.64. The number of nitrogens with zero attached hydrogens (tertiary/aromatic N) is 2. The van der Waals surface area contributed by atoms with Gasteiger partial charge in [0.1, 0.15) is 11.5 Å². The number of benzene rings is 3. The number of sulfonamides is 1. The summed E-state index contributed by atoms with van der Waals surface area (Å²) in [6.07, 6.45) is 0.338. The first-order chi connectivity index (χ1) is 16.4. The summed E-state index contributed by atoms with van der Waals surface area (Å²) in [5.41, 5.74) is 2.02. The zero-order valence-corrected chi connectivity index (χ0v) is 20.2. The van der Waals surface area contributed by atoms with Gasteiger partial charge in [0.05, 0.1) is 45.1 Å². The van der Waals surface area contributed by atoms with Crippen molar-refractivity contribution < 1.29 is 27.4 Å². The van der Waals surface area contributed by atoms with Crippen LogP contribution in [0.25, 0.3) is 0 Å². The molecule has 34 heavy (non-hydrogen) atoms. The highest BCUT2D eigenvalue weighted by Gasteiger charge is 2.39. The van der Waals surface area contributed by atoms with E-state index in [1.165, 1.54) is 4.41 Å². The molecule has 0 aromatic heterocycles. The first-order valence-electron chi connectivity index (χ1n) is 10.5. The standard InChI is InChI=1S/C25H26N2O6S/c1-30-18-11-12-20(24(15-18)32-3)22-16-21(17-10-13-23(31-2)25(14-17)33-4)26-27(22)34(28,29)19-8-6-5-7-9-19/h5-15,22H,16H2,1-4H3/t22-/m1/s1. The molecule has 0 spiro atoms. The molecule has 0 amide bonds. The molecular formula is C25H26N2O6S. The van der Waals surface area contributed by atoms with Crippen LogP contribution in [0.2, 0.25) is 0 Å². The van der Waals surface area contributed by atoms with E-state index in [4.69, 9.17) is 18.9 Å². The molecule has 0 bridgehead atoms. The number of hydrazone groups is 1. The lowest BCUT2D eigenvalue weighted by Crippen LogP contribution is -2.27. The molecule has 178 valence electrons. The van der Waals surface area contributed by atoms with Crippen molar-refractivity contribution in [1.82, 2.24) is 4.41 Å². The Labute approximate surface area is 199 Å². The lowest BCUT2D eigenvalue weighted by Gasteiger charge is -2.25. The fraction of sp³-hybridized carbons (Fsp3) is 0.240. The van der Waals surface area contributed by atoms with Crippen LogP contribution in [0.4, 0.5) is 0 Å². The van der Waals surface area contributed by atoms with E-state index in [9.17, 15) is 8.42 Å². The topological polar surface area (TPSA) is 86.7 Å². The summed E-state index contributed by atoms with van der Waals surface area (Å²) in [6, 6.07) is 18.4. The fourth-order valence-corrected chi connectivity index (χ4v) is 5.37. The van der Waals surface area contributed by atoms with Crippen molar-refractivity contribution in [3.8, 4) is 23.0 Å². The van der Waals surface area contributed by atoms with E-state index in [0.717, 1.165) is 5.56 Å². The Morgan fingerprint density at radius 3 is 2.15 bits per heavy atom. The molecule has 1 heterocycles. The molecule has 4 rings (SSSR count). The Hall–Kier alpha value is -3.72. The maximum Gasteiger partial charge on any atom is 0.279 e. The van der Waals surface area contributed by atoms with Gasteiger partial charge in [-0.3, -0.25) is 0 Å². The quantitative estimate of drug-likeness (QED) is 0.477. The summed E-state index contributed by atoms with van der Waals surface area (Å²) < 4.78 is 50.1. The van der Waals surface area contributed by atoms with Gasteiger partial charge in [-0.25, -0.2) is 0 Å². The van der Waals surface area contributed by atoms with Crippen molar-refractivity contribution in [3.63, 3.8) is 0 Å². The van der Waals surface area contributed by atoms with E-state index in [1.54, 1.807) is 83.0 Å². The lowest BCUT2D eigenvalue weighted by atomic mass is 9.98. The maximum atomic E-state index is 13.6. The van der Waals surface area contributed by atoms with Crippen LogP contribution in [0.3, 0.4) is 0 Å². The Kier molecular flexibility index (Phi) is 6.65. The Bertz CT molecular complexity index is 1310. The summed E-state index contributed by atoms with van der Waals surface area (Å²) in [6.45, 7) is 0. The highest BCUT2D eigenvalue weighted by atomic mass is 32.2. The average molecular weight is 483 g/mol. The SMILES string of the molecule is COc1ccc([C@H]2CC(c3ccc(OC)c(OC)c3)=NN2S(=O)(=O)c2ccccc2)c(OC)c1. The molecule has 0 unspecified atom stereocenters. The van der Waals surface area contributed by atoms with Crippen molar-refractivity contribution in [3.05, 3.63) is 77.9 Å². The van der Waals surface area contributed by atoms with E-state index in [0.29, 0.717) is 40.7 Å². The summed E-state index contributed by atoms with van der Waals surface area (Å²) in [7, 11) is 2.27. The van der Waals surface area contributed by atoms with E-state index >= 15 is 0 Å². The van der Waals surface area contributed by atoms with Crippen LogP contribution in [0.15, 0.2) is 76.7 Å². The second-order valence-corrected chi connectivity index (χ2v) is 9.33. The van der Waals surface area contributed by atoms with Crippen LogP contribution in [-0.2, 0) is 10.0 Å². The monoisotopic (exact) mass is 482 g/mol. The van der Waals surface area contributed by atoms with Crippen LogP contribution < -0.4 is 18.9 Å². The molecule has 1 aliphatic rings. The molecular weight excluding hydrogens is 456 g/mol. The van der Waals surface area contributed by atoms with Crippen LogP contribution in [0.1, 0.15) is 23.6 Å². The summed E-state index contributed by atoms with van der Waals surface area (Å²) in [5, 5.41) is 4.59. The second-order valence-electron chi connectivity index (χ2n) is 7.53. The molecule has 0 N–H and O–H groups in total. The van der Waals surface area contributed by atoms with Crippen LogP contribution >= 0.6 is 0 Å². The molecule has 1 atom stereocenters.